The van der Waals surface area contributed by atoms with Gasteiger partial charge in [-0.2, -0.15) is 0 Å². The molecule has 0 unspecified atom stereocenters. The number of hydrogen-bond donors (Lipinski definition) is 0. The van der Waals surface area contributed by atoms with E-state index in [4.69, 9.17) is 0 Å². The van der Waals surface area contributed by atoms with Crippen molar-refractivity contribution in [2.24, 2.45) is 0 Å². The van der Waals surface area contributed by atoms with E-state index in [1.165, 1.54) is 119 Å². The second-order valence-electron chi connectivity index (χ2n) is 9.06. The molecular formula is C29H52S3. The van der Waals surface area contributed by atoms with E-state index in [-0.39, 0.29) is 0 Å². The van der Waals surface area contributed by atoms with Gasteiger partial charge in [0, 0.05) is 14.7 Å². The fraction of sp³-hybridized carbons (Fsp3) is 0.793. The molecule has 1 aromatic rings. The van der Waals surface area contributed by atoms with Crippen LogP contribution >= 0.6 is 35.3 Å². The molecular weight excluding hydrogens is 445 g/mol. The van der Waals surface area contributed by atoms with Crippen molar-refractivity contribution in [2.75, 3.05) is 17.3 Å². The molecule has 0 aromatic heterocycles. The summed E-state index contributed by atoms with van der Waals surface area (Å²) in [5.41, 5.74) is 1.53. The largest absolute Gasteiger partial charge is 0.125 e. The van der Waals surface area contributed by atoms with Gasteiger partial charge >= 0.3 is 0 Å². The van der Waals surface area contributed by atoms with E-state index in [2.05, 4.69) is 75.1 Å². The minimum absolute atomic E-state index is 1.15. The van der Waals surface area contributed by atoms with Crippen molar-refractivity contribution in [2.45, 2.75) is 145 Å². The molecule has 0 spiro atoms. The van der Waals surface area contributed by atoms with Crippen LogP contribution in [0.5, 0.6) is 0 Å². The van der Waals surface area contributed by atoms with Gasteiger partial charge in [0.2, 0.25) is 0 Å². The van der Waals surface area contributed by atoms with E-state index in [1.54, 1.807) is 14.7 Å². The molecule has 0 saturated heterocycles. The Hall–Kier alpha value is 0.270. The molecule has 0 fully saturated rings. The molecule has 186 valence electrons. The highest BCUT2D eigenvalue weighted by atomic mass is 32.2. The lowest BCUT2D eigenvalue weighted by Crippen LogP contribution is -1.94. The predicted molar refractivity (Wildman–Crippen MR) is 154 cm³/mol. The van der Waals surface area contributed by atoms with Crippen LogP contribution in [0.3, 0.4) is 0 Å². The summed E-state index contributed by atoms with van der Waals surface area (Å²) in [6.07, 6.45) is 21.9. The van der Waals surface area contributed by atoms with Gasteiger partial charge in [-0.1, -0.05) is 105 Å². The summed E-state index contributed by atoms with van der Waals surface area (Å²) < 4.78 is 0. The summed E-state index contributed by atoms with van der Waals surface area (Å²) in [5.74, 6) is 3.84. The molecule has 0 heterocycles. The molecule has 0 bridgehead atoms. The van der Waals surface area contributed by atoms with Crippen LogP contribution in [0.4, 0.5) is 0 Å². The fourth-order valence-electron chi connectivity index (χ4n) is 3.85. The lowest BCUT2D eigenvalue weighted by atomic mass is 10.2. The normalized spacial score (nSPS) is 11.4. The topological polar surface area (TPSA) is 0 Å². The number of hydrogen-bond acceptors (Lipinski definition) is 3. The lowest BCUT2D eigenvalue weighted by Gasteiger charge is -2.16. The minimum atomic E-state index is 1.15. The first-order chi connectivity index (χ1) is 15.8. The molecule has 0 aliphatic rings. The van der Waals surface area contributed by atoms with Gasteiger partial charge in [0.1, 0.15) is 0 Å². The Morgan fingerprint density at radius 2 is 0.844 bits per heavy atom. The van der Waals surface area contributed by atoms with Crippen molar-refractivity contribution in [1.29, 1.82) is 0 Å². The summed E-state index contributed by atoms with van der Waals surface area (Å²) in [5, 5.41) is 0. The Kier molecular flexibility index (Phi) is 20.6. The van der Waals surface area contributed by atoms with Crippen LogP contribution < -0.4 is 0 Å². The maximum Gasteiger partial charge on any atom is 0.0344 e. The van der Waals surface area contributed by atoms with Gasteiger partial charge in [0.05, 0.1) is 0 Å². The Bertz CT molecular complexity index is 518. The smallest absolute Gasteiger partial charge is 0.0344 e. The Balaban J connectivity index is 2.74. The van der Waals surface area contributed by atoms with Crippen molar-refractivity contribution in [3.63, 3.8) is 0 Å². The van der Waals surface area contributed by atoms with Gasteiger partial charge < -0.3 is 0 Å². The molecule has 0 aliphatic heterocycles. The molecule has 0 N–H and O–H groups in total. The van der Waals surface area contributed by atoms with Gasteiger partial charge in [0.15, 0.2) is 0 Å². The maximum absolute atomic E-state index is 2.52. The first-order valence-corrected chi connectivity index (χ1v) is 16.8. The SMILES string of the molecule is CCCCCCCSc1cc(CC)cc(SCCCCCCC)c1SCCCCCCC. The summed E-state index contributed by atoms with van der Waals surface area (Å²) in [6.45, 7) is 9.23. The average Bonchev–Trinajstić information content (AvgIpc) is 2.81. The number of aryl methyl sites for hydroxylation is 1. The highest BCUT2D eigenvalue weighted by molar-refractivity contribution is 8.03. The van der Waals surface area contributed by atoms with Crippen LogP contribution in [0.25, 0.3) is 0 Å². The monoisotopic (exact) mass is 496 g/mol. The van der Waals surface area contributed by atoms with E-state index in [0.29, 0.717) is 0 Å². The van der Waals surface area contributed by atoms with Crippen molar-refractivity contribution >= 4 is 35.3 Å². The molecule has 0 radical (unpaired) electrons. The molecule has 0 nitrogen and oxygen atoms in total. The third kappa shape index (κ3) is 14.5. The van der Waals surface area contributed by atoms with Gasteiger partial charge in [-0.05, 0) is 60.6 Å². The zero-order chi connectivity index (χ0) is 23.3. The molecule has 1 rings (SSSR count). The van der Waals surface area contributed by atoms with Crippen molar-refractivity contribution in [3.8, 4) is 0 Å². The van der Waals surface area contributed by atoms with E-state index in [1.807, 2.05) is 0 Å². The number of unbranched alkanes of at least 4 members (excludes halogenated alkanes) is 12. The standard InChI is InChI=1S/C29H52S3/c1-5-9-12-15-18-21-30-27-24-26(8-4)25-28(31-22-19-16-13-10-6-2)29(27)32-23-20-17-14-11-7-3/h24-25H,5-23H2,1-4H3. The quantitative estimate of drug-likeness (QED) is 0.116. The number of rotatable bonds is 22. The second kappa shape index (κ2) is 21.8. The van der Waals surface area contributed by atoms with Crippen LogP contribution in [0.1, 0.15) is 130 Å². The van der Waals surface area contributed by atoms with Gasteiger partial charge in [-0.15, -0.1) is 35.3 Å². The highest BCUT2D eigenvalue weighted by Crippen LogP contribution is 2.41. The zero-order valence-electron chi connectivity index (χ0n) is 21.8. The van der Waals surface area contributed by atoms with Crippen LogP contribution in [0, 0.1) is 0 Å². The van der Waals surface area contributed by atoms with Crippen LogP contribution in [-0.2, 0) is 6.42 Å². The maximum atomic E-state index is 2.52. The van der Waals surface area contributed by atoms with E-state index < -0.39 is 0 Å². The highest BCUT2D eigenvalue weighted by Gasteiger charge is 2.13. The van der Waals surface area contributed by atoms with Gasteiger partial charge in [0.25, 0.3) is 0 Å². The lowest BCUT2D eigenvalue weighted by molar-refractivity contribution is 0.658. The Morgan fingerprint density at radius 1 is 0.469 bits per heavy atom. The molecule has 0 amide bonds. The fourth-order valence-corrected chi connectivity index (χ4v) is 7.66. The summed E-state index contributed by atoms with van der Waals surface area (Å²) >= 11 is 6.43. The molecule has 1 aromatic carbocycles. The Morgan fingerprint density at radius 3 is 1.22 bits per heavy atom. The van der Waals surface area contributed by atoms with Crippen LogP contribution in [0.2, 0.25) is 0 Å². The summed E-state index contributed by atoms with van der Waals surface area (Å²) in [7, 11) is 0. The second-order valence-corrected chi connectivity index (χ2v) is 12.4. The predicted octanol–water partition coefficient (Wildman–Crippen LogP) is 11.4. The number of thioether (sulfide) groups is 3. The third-order valence-corrected chi connectivity index (χ3v) is 9.73. The zero-order valence-corrected chi connectivity index (χ0v) is 24.3. The molecule has 0 saturated carbocycles. The summed E-state index contributed by atoms with van der Waals surface area (Å²) in [6, 6.07) is 5.03. The van der Waals surface area contributed by atoms with Crippen LogP contribution in [0.15, 0.2) is 26.8 Å². The van der Waals surface area contributed by atoms with E-state index in [0.717, 1.165) is 6.42 Å². The third-order valence-electron chi connectivity index (χ3n) is 5.99. The number of benzene rings is 1. The van der Waals surface area contributed by atoms with Crippen LogP contribution in [-0.4, -0.2) is 17.3 Å². The van der Waals surface area contributed by atoms with Gasteiger partial charge in [-0.3, -0.25) is 0 Å². The molecule has 0 atom stereocenters. The van der Waals surface area contributed by atoms with E-state index >= 15 is 0 Å². The first-order valence-electron chi connectivity index (χ1n) is 13.8. The first kappa shape index (κ1) is 30.3. The molecule has 0 aliphatic carbocycles. The van der Waals surface area contributed by atoms with E-state index in [9.17, 15) is 0 Å². The van der Waals surface area contributed by atoms with Gasteiger partial charge in [-0.25, -0.2) is 0 Å². The summed E-state index contributed by atoms with van der Waals surface area (Å²) in [4.78, 5) is 4.76. The molecule has 32 heavy (non-hydrogen) atoms. The Labute approximate surface area is 214 Å². The molecule has 3 heteroatoms. The van der Waals surface area contributed by atoms with Crippen molar-refractivity contribution in [1.82, 2.24) is 0 Å². The van der Waals surface area contributed by atoms with Crippen molar-refractivity contribution in [3.05, 3.63) is 17.7 Å². The minimum Gasteiger partial charge on any atom is -0.125 e. The average molecular weight is 497 g/mol. The van der Waals surface area contributed by atoms with Crippen molar-refractivity contribution < 1.29 is 0 Å².